The van der Waals surface area contributed by atoms with E-state index >= 15 is 0 Å². The highest BCUT2D eigenvalue weighted by Crippen LogP contribution is 2.14. The van der Waals surface area contributed by atoms with E-state index in [1.165, 1.54) is 0 Å². The van der Waals surface area contributed by atoms with E-state index < -0.39 is 5.97 Å². The molecule has 0 unspecified atom stereocenters. The fourth-order valence-corrected chi connectivity index (χ4v) is 1.15. The molecule has 0 aromatic heterocycles. The molecule has 0 aromatic rings. The summed E-state index contributed by atoms with van der Waals surface area (Å²) < 4.78 is 5.17. The number of carboxylic acid groups (broad SMARTS) is 1. The van der Waals surface area contributed by atoms with Crippen LogP contribution in [0.2, 0.25) is 0 Å². The second-order valence-corrected chi connectivity index (χ2v) is 2.56. The Morgan fingerprint density at radius 3 is 2.90 bits per heavy atom. The molecule has 1 heterocycles. The van der Waals surface area contributed by atoms with Gasteiger partial charge >= 0.3 is 0 Å². The molecule has 0 spiro atoms. The van der Waals surface area contributed by atoms with Gasteiger partial charge in [-0.15, -0.1) is 0 Å². The summed E-state index contributed by atoms with van der Waals surface area (Å²) in [5.41, 5.74) is 0. The van der Waals surface area contributed by atoms with Gasteiger partial charge in [-0.2, -0.15) is 0 Å². The summed E-state index contributed by atoms with van der Waals surface area (Å²) in [6.07, 6.45) is 2.98. The van der Waals surface area contributed by atoms with Gasteiger partial charge in [0.05, 0.1) is 6.10 Å². The lowest BCUT2D eigenvalue weighted by Crippen LogP contribution is -2.30. The van der Waals surface area contributed by atoms with Crippen molar-refractivity contribution in [2.75, 3.05) is 6.61 Å². The minimum atomic E-state index is -1.01. The summed E-state index contributed by atoms with van der Waals surface area (Å²) in [6.45, 7) is 0.706. The zero-order valence-electron chi connectivity index (χ0n) is 5.84. The molecule has 58 valence electrons. The third kappa shape index (κ3) is 2.35. The van der Waals surface area contributed by atoms with Crippen LogP contribution in [0.5, 0.6) is 0 Å². The van der Waals surface area contributed by atoms with Crippen molar-refractivity contribution in [3.8, 4) is 0 Å². The van der Waals surface area contributed by atoms with Crippen LogP contribution in [0, 0.1) is 0 Å². The molecule has 0 aromatic carbocycles. The van der Waals surface area contributed by atoms with Crippen molar-refractivity contribution in [1.82, 2.24) is 0 Å². The Balaban J connectivity index is 2.19. The van der Waals surface area contributed by atoms with Crippen LogP contribution < -0.4 is 5.11 Å². The molecule has 0 saturated carbocycles. The van der Waals surface area contributed by atoms with Gasteiger partial charge in [0, 0.05) is 19.0 Å². The van der Waals surface area contributed by atoms with E-state index in [2.05, 4.69) is 0 Å². The normalized spacial score (nSPS) is 26.2. The summed E-state index contributed by atoms with van der Waals surface area (Å²) in [5, 5.41) is 10.1. The second-order valence-electron chi connectivity index (χ2n) is 2.56. The van der Waals surface area contributed by atoms with Gasteiger partial charge in [0.2, 0.25) is 0 Å². The minimum Gasteiger partial charge on any atom is -0.550 e. The summed E-state index contributed by atoms with van der Waals surface area (Å²) in [5.74, 6) is -1.01. The van der Waals surface area contributed by atoms with Crippen molar-refractivity contribution in [3.05, 3.63) is 0 Å². The lowest BCUT2D eigenvalue weighted by Gasteiger charge is -2.22. The first-order chi connectivity index (χ1) is 4.79. The van der Waals surface area contributed by atoms with Crippen molar-refractivity contribution in [2.45, 2.75) is 31.8 Å². The van der Waals surface area contributed by atoms with E-state index in [-0.39, 0.29) is 12.5 Å². The van der Waals surface area contributed by atoms with Crippen LogP contribution in [-0.2, 0) is 9.53 Å². The third-order valence-corrected chi connectivity index (χ3v) is 1.67. The van der Waals surface area contributed by atoms with Gasteiger partial charge in [-0.05, 0) is 19.3 Å². The molecule has 0 aliphatic carbocycles. The highest BCUT2D eigenvalue weighted by molar-refractivity contribution is 5.64. The first-order valence-electron chi connectivity index (χ1n) is 3.60. The Labute approximate surface area is 60.0 Å². The number of rotatable bonds is 2. The number of aliphatic carboxylic acids is 1. The lowest BCUT2D eigenvalue weighted by atomic mass is 10.1. The van der Waals surface area contributed by atoms with E-state index in [0.29, 0.717) is 6.61 Å². The Morgan fingerprint density at radius 1 is 1.60 bits per heavy atom. The van der Waals surface area contributed by atoms with Gasteiger partial charge in [-0.25, -0.2) is 0 Å². The van der Waals surface area contributed by atoms with Crippen LogP contribution in [0.25, 0.3) is 0 Å². The predicted molar refractivity (Wildman–Crippen MR) is 33.2 cm³/mol. The standard InChI is InChI=1S/C7H12O3/c8-7(9)5-6-3-1-2-4-10-6/h6H,1-5H2,(H,8,9)/p-1/t6-/m0/s1. The lowest BCUT2D eigenvalue weighted by molar-refractivity contribution is -0.308. The van der Waals surface area contributed by atoms with Crippen molar-refractivity contribution < 1.29 is 14.6 Å². The summed E-state index contributed by atoms with van der Waals surface area (Å²) in [7, 11) is 0. The van der Waals surface area contributed by atoms with Crippen LogP contribution >= 0.6 is 0 Å². The molecule has 0 bridgehead atoms. The number of carbonyl (C=O) groups is 1. The highest BCUT2D eigenvalue weighted by atomic mass is 16.5. The van der Waals surface area contributed by atoms with E-state index in [0.717, 1.165) is 19.3 Å². The van der Waals surface area contributed by atoms with Crippen LogP contribution in [-0.4, -0.2) is 18.7 Å². The topological polar surface area (TPSA) is 49.4 Å². The van der Waals surface area contributed by atoms with Crippen LogP contribution in [0.1, 0.15) is 25.7 Å². The molecule has 1 fully saturated rings. The van der Waals surface area contributed by atoms with Gasteiger partial charge in [0.1, 0.15) is 0 Å². The van der Waals surface area contributed by atoms with Crippen molar-refractivity contribution in [3.63, 3.8) is 0 Å². The maximum atomic E-state index is 10.1. The largest absolute Gasteiger partial charge is 0.550 e. The van der Waals surface area contributed by atoms with Crippen LogP contribution in [0.15, 0.2) is 0 Å². The summed E-state index contributed by atoms with van der Waals surface area (Å²) in [6, 6.07) is 0. The van der Waals surface area contributed by atoms with Crippen molar-refractivity contribution >= 4 is 5.97 Å². The maximum absolute atomic E-state index is 10.1. The summed E-state index contributed by atoms with van der Waals surface area (Å²) in [4.78, 5) is 10.1. The van der Waals surface area contributed by atoms with E-state index in [1.807, 2.05) is 0 Å². The fraction of sp³-hybridized carbons (Fsp3) is 0.857. The van der Waals surface area contributed by atoms with E-state index in [4.69, 9.17) is 4.74 Å². The average molecular weight is 143 g/mol. The SMILES string of the molecule is O=C([O-])C[C@@H]1CCCCO1. The molecule has 0 amide bonds. The number of hydrogen-bond acceptors (Lipinski definition) is 3. The molecular weight excluding hydrogens is 132 g/mol. The third-order valence-electron chi connectivity index (χ3n) is 1.67. The molecule has 3 nitrogen and oxygen atoms in total. The summed E-state index contributed by atoms with van der Waals surface area (Å²) >= 11 is 0. The molecule has 1 aliphatic heterocycles. The zero-order chi connectivity index (χ0) is 7.40. The van der Waals surface area contributed by atoms with E-state index in [1.54, 1.807) is 0 Å². The fourth-order valence-electron chi connectivity index (χ4n) is 1.15. The van der Waals surface area contributed by atoms with Crippen molar-refractivity contribution in [2.24, 2.45) is 0 Å². The zero-order valence-corrected chi connectivity index (χ0v) is 5.84. The van der Waals surface area contributed by atoms with Crippen molar-refractivity contribution in [1.29, 1.82) is 0 Å². The molecule has 1 aliphatic rings. The number of ether oxygens (including phenoxy) is 1. The number of carbonyl (C=O) groups excluding carboxylic acids is 1. The van der Waals surface area contributed by atoms with Gasteiger partial charge in [0.25, 0.3) is 0 Å². The Morgan fingerprint density at radius 2 is 2.40 bits per heavy atom. The maximum Gasteiger partial charge on any atom is 0.0627 e. The Bertz CT molecular complexity index is 116. The Kier molecular flexibility index (Phi) is 2.68. The minimum absolute atomic E-state index is 0.0556. The highest BCUT2D eigenvalue weighted by Gasteiger charge is 2.12. The van der Waals surface area contributed by atoms with E-state index in [9.17, 15) is 9.90 Å². The molecule has 1 atom stereocenters. The van der Waals surface area contributed by atoms with Gasteiger partial charge in [-0.3, -0.25) is 0 Å². The molecule has 0 radical (unpaired) electrons. The predicted octanol–water partition coefficient (Wildman–Crippen LogP) is -0.305. The molecule has 3 heteroatoms. The first kappa shape index (κ1) is 7.54. The monoisotopic (exact) mass is 143 g/mol. The molecule has 1 rings (SSSR count). The van der Waals surface area contributed by atoms with Gasteiger partial charge in [-0.1, -0.05) is 0 Å². The second kappa shape index (κ2) is 3.56. The molecule has 0 N–H and O–H groups in total. The van der Waals surface area contributed by atoms with Gasteiger partial charge < -0.3 is 14.6 Å². The smallest absolute Gasteiger partial charge is 0.0627 e. The van der Waals surface area contributed by atoms with Crippen LogP contribution in [0.3, 0.4) is 0 Å². The number of carboxylic acids is 1. The number of hydrogen-bond donors (Lipinski definition) is 0. The quantitative estimate of drug-likeness (QED) is 0.533. The van der Waals surface area contributed by atoms with Gasteiger partial charge in [0.15, 0.2) is 0 Å². The average Bonchev–Trinajstić information content (AvgIpc) is 1.88. The van der Waals surface area contributed by atoms with Crippen LogP contribution in [0.4, 0.5) is 0 Å². The Hall–Kier alpha value is -0.570. The molecule has 1 saturated heterocycles. The first-order valence-corrected chi connectivity index (χ1v) is 3.60. The molecular formula is C7H11O3-. The molecule has 10 heavy (non-hydrogen) atoms.